The Morgan fingerprint density at radius 2 is 1.84 bits per heavy atom. The fourth-order valence-corrected chi connectivity index (χ4v) is 5.33. The van der Waals surface area contributed by atoms with E-state index in [0.29, 0.717) is 13.1 Å². The SMILES string of the molecule is O=C(CCNS(=O)(=O)c1cccnc1)N1CCN(Cc2csc(-c3ccccc3)n2)CC1. The predicted molar refractivity (Wildman–Crippen MR) is 123 cm³/mol. The third kappa shape index (κ3) is 5.77. The van der Waals surface area contributed by atoms with Gasteiger partial charge >= 0.3 is 0 Å². The van der Waals surface area contributed by atoms with Gasteiger partial charge in [-0.2, -0.15) is 0 Å². The highest BCUT2D eigenvalue weighted by Crippen LogP contribution is 2.24. The first kappa shape index (κ1) is 22.5. The van der Waals surface area contributed by atoms with Crippen molar-refractivity contribution in [3.05, 3.63) is 65.9 Å². The molecule has 0 unspecified atom stereocenters. The molecule has 0 aliphatic carbocycles. The maximum atomic E-state index is 12.5. The van der Waals surface area contributed by atoms with Crippen molar-refractivity contribution in [1.29, 1.82) is 0 Å². The summed E-state index contributed by atoms with van der Waals surface area (Å²) in [4.78, 5) is 25.2. The van der Waals surface area contributed by atoms with E-state index in [2.05, 4.69) is 32.1 Å². The summed E-state index contributed by atoms with van der Waals surface area (Å²) >= 11 is 1.64. The van der Waals surface area contributed by atoms with Crippen LogP contribution in [0.5, 0.6) is 0 Å². The average Bonchev–Trinajstić information content (AvgIpc) is 3.29. The van der Waals surface area contributed by atoms with Crippen LogP contribution in [-0.2, 0) is 21.4 Å². The van der Waals surface area contributed by atoms with Crippen LogP contribution < -0.4 is 4.72 Å². The molecule has 8 nitrogen and oxygen atoms in total. The summed E-state index contributed by atoms with van der Waals surface area (Å²) in [6.45, 7) is 3.62. The first-order chi connectivity index (χ1) is 15.5. The molecule has 4 rings (SSSR count). The van der Waals surface area contributed by atoms with E-state index in [1.54, 1.807) is 22.3 Å². The van der Waals surface area contributed by atoms with Crippen LogP contribution in [0.15, 0.2) is 65.1 Å². The Hall–Kier alpha value is -2.66. The van der Waals surface area contributed by atoms with Crippen molar-refractivity contribution in [2.45, 2.75) is 17.9 Å². The highest BCUT2D eigenvalue weighted by Gasteiger charge is 2.22. The minimum absolute atomic E-state index is 0.0430. The number of sulfonamides is 1. The number of nitrogens with one attached hydrogen (secondary N) is 1. The Labute approximate surface area is 192 Å². The van der Waals surface area contributed by atoms with E-state index < -0.39 is 10.0 Å². The van der Waals surface area contributed by atoms with E-state index in [1.165, 1.54) is 18.5 Å². The lowest BCUT2D eigenvalue weighted by Gasteiger charge is -2.34. The van der Waals surface area contributed by atoms with Crippen LogP contribution in [-0.4, -0.2) is 66.8 Å². The van der Waals surface area contributed by atoms with Gasteiger partial charge in [-0.15, -0.1) is 11.3 Å². The molecule has 0 bridgehead atoms. The lowest BCUT2D eigenvalue weighted by molar-refractivity contribution is -0.132. The van der Waals surface area contributed by atoms with Crippen LogP contribution in [0, 0.1) is 0 Å². The van der Waals surface area contributed by atoms with E-state index in [4.69, 9.17) is 4.98 Å². The summed E-state index contributed by atoms with van der Waals surface area (Å²) in [7, 11) is -3.65. The van der Waals surface area contributed by atoms with Crippen molar-refractivity contribution in [3.63, 3.8) is 0 Å². The molecule has 1 amide bonds. The van der Waals surface area contributed by atoms with Gasteiger partial charge in [-0.3, -0.25) is 14.7 Å². The van der Waals surface area contributed by atoms with Crippen molar-refractivity contribution < 1.29 is 13.2 Å². The topological polar surface area (TPSA) is 95.5 Å². The number of pyridine rings is 1. The van der Waals surface area contributed by atoms with Gasteiger partial charge in [0.15, 0.2) is 0 Å². The molecule has 1 fully saturated rings. The zero-order valence-electron chi connectivity index (χ0n) is 17.6. The Morgan fingerprint density at radius 3 is 2.56 bits per heavy atom. The molecule has 3 aromatic rings. The second-order valence-electron chi connectivity index (χ2n) is 7.50. The van der Waals surface area contributed by atoms with E-state index >= 15 is 0 Å². The van der Waals surface area contributed by atoms with Crippen LogP contribution in [0.25, 0.3) is 10.6 Å². The number of piperazine rings is 1. The maximum Gasteiger partial charge on any atom is 0.242 e. The van der Waals surface area contributed by atoms with Crippen LogP contribution in [0.2, 0.25) is 0 Å². The van der Waals surface area contributed by atoms with E-state index in [9.17, 15) is 13.2 Å². The van der Waals surface area contributed by atoms with Crippen LogP contribution in [0.3, 0.4) is 0 Å². The number of thiazole rings is 1. The molecule has 0 spiro atoms. The van der Waals surface area contributed by atoms with E-state index in [-0.39, 0.29) is 23.8 Å². The third-order valence-electron chi connectivity index (χ3n) is 5.26. The second kappa shape index (κ2) is 10.3. The first-order valence-electron chi connectivity index (χ1n) is 10.4. The number of carbonyl (C=O) groups is 1. The van der Waals surface area contributed by atoms with E-state index in [0.717, 1.165) is 35.9 Å². The maximum absolute atomic E-state index is 12.5. The van der Waals surface area contributed by atoms with Gasteiger partial charge in [0, 0.05) is 69.0 Å². The molecule has 10 heteroatoms. The molecule has 168 valence electrons. The molecule has 2 aromatic heterocycles. The van der Waals surface area contributed by atoms with Crippen LogP contribution >= 0.6 is 11.3 Å². The Kier molecular flexibility index (Phi) is 7.26. The number of hydrogen-bond acceptors (Lipinski definition) is 7. The second-order valence-corrected chi connectivity index (χ2v) is 10.1. The molecule has 1 aromatic carbocycles. The van der Waals surface area contributed by atoms with Gasteiger partial charge in [0.05, 0.1) is 5.69 Å². The average molecular weight is 472 g/mol. The highest BCUT2D eigenvalue weighted by molar-refractivity contribution is 7.89. The molecule has 1 aliphatic heterocycles. The fourth-order valence-electron chi connectivity index (χ4n) is 3.52. The van der Waals surface area contributed by atoms with Gasteiger partial charge in [-0.25, -0.2) is 18.1 Å². The molecule has 0 atom stereocenters. The molecule has 3 heterocycles. The minimum atomic E-state index is -3.65. The van der Waals surface area contributed by atoms with Crippen molar-refractivity contribution in [3.8, 4) is 10.6 Å². The number of amides is 1. The smallest absolute Gasteiger partial charge is 0.242 e. The standard InChI is InChI=1S/C22H25N5O3S2/c28-21(8-10-24-32(29,30)20-7-4-9-23-15-20)27-13-11-26(12-14-27)16-19-17-31-22(25-19)18-5-2-1-3-6-18/h1-7,9,15,17,24H,8,10-14,16H2. The van der Waals surface area contributed by atoms with E-state index in [1.807, 2.05) is 18.2 Å². The van der Waals surface area contributed by atoms with Crippen molar-refractivity contribution in [2.75, 3.05) is 32.7 Å². The quantitative estimate of drug-likeness (QED) is 0.541. The molecular weight excluding hydrogens is 446 g/mol. The largest absolute Gasteiger partial charge is 0.340 e. The highest BCUT2D eigenvalue weighted by atomic mass is 32.2. The Morgan fingerprint density at radius 1 is 1.06 bits per heavy atom. The minimum Gasteiger partial charge on any atom is -0.340 e. The number of hydrogen-bond donors (Lipinski definition) is 1. The zero-order chi connectivity index (χ0) is 22.4. The molecule has 0 saturated carbocycles. The molecule has 1 saturated heterocycles. The summed E-state index contributed by atoms with van der Waals surface area (Å²) in [5.74, 6) is -0.0430. The third-order valence-corrected chi connectivity index (χ3v) is 7.65. The van der Waals surface area contributed by atoms with Crippen molar-refractivity contribution >= 4 is 27.3 Å². The molecule has 1 N–H and O–H groups in total. The molecule has 1 aliphatic rings. The van der Waals surface area contributed by atoms with Gasteiger partial charge in [0.25, 0.3) is 0 Å². The summed E-state index contributed by atoms with van der Waals surface area (Å²) in [6, 6.07) is 13.2. The lowest BCUT2D eigenvalue weighted by atomic mass is 10.2. The normalized spacial score (nSPS) is 15.1. The van der Waals surface area contributed by atoms with Gasteiger partial charge in [0.1, 0.15) is 9.90 Å². The predicted octanol–water partition coefficient (Wildman–Crippen LogP) is 2.22. The number of rotatable bonds is 8. The van der Waals surface area contributed by atoms with Crippen LogP contribution in [0.4, 0.5) is 0 Å². The molecule has 0 radical (unpaired) electrons. The van der Waals surface area contributed by atoms with Crippen molar-refractivity contribution in [1.82, 2.24) is 24.5 Å². The monoisotopic (exact) mass is 471 g/mol. The number of carbonyl (C=O) groups excluding carboxylic acids is 1. The van der Waals surface area contributed by atoms with Gasteiger partial charge in [-0.05, 0) is 12.1 Å². The van der Waals surface area contributed by atoms with Gasteiger partial charge < -0.3 is 4.90 Å². The first-order valence-corrected chi connectivity index (χ1v) is 12.8. The zero-order valence-corrected chi connectivity index (χ0v) is 19.2. The Balaban J connectivity index is 1.21. The molecular formula is C22H25N5O3S2. The Bertz CT molecular complexity index is 1130. The van der Waals surface area contributed by atoms with Crippen LogP contribution in [0.1, 0.15) is 12.1 Å². The summed E-state index contributed by atoms with van der Waals surface area (Å²) in [6.07, 6.45) is 2.93. The summed E-state index contributed by atoms with van der Waals surface area (Å²) in [5.41, 5.74) is 2.16. The number of aromatic nitrogens is 2. The van der Waals surface area contributed by atoms with Crippen molar-refractivity contribution in [2.24, 2.45) is 0 Å². The number of benzene rings is 1. The fraction of sp³-hybridized carbons (Fsp3) is 0.318. The van der Waals surface area contributed by atoms with Gasteiger partial charge in [0.2, 0.25) is 15.9 Å². The molecule has 32 heavy (non-hydrogen) atoms. The lowest BCUT2D eigenvalue weighted by Crippen LogP contribution is -2.48. The van der Waals surface area contributed by atoms with Gasteiger partial charge in [-0.1, -0.05) is 30.3 Å². The summed E-state index contributed by atoms with van der Waals surface area (Å²) in [5, 5.41) is 3.11. The number of nitrogens with zero attached hydrogens (tertiary/aromatic N) is 4. The summed E-state index contributed by atoms with van der Waals surface area (Å²) < 4.78 is 26.9.